The molecule has 0 unspecified atom stereocenters. The van der Waals surface area contributed by atoms with Crippen molar-refractivity contribution in [3.63, 3.8) is 0 Å². The molecule has 2 aromatic rings. The molecule has 2 aromatic carbocycles. The second-order valence-electron chi connectivity index (χ2n) is 5.57. The minimum absolute atomic E-state index is 0.146. The van der Waals surface area contributed by atoms with Crippen LogP contribution in [0.15, 0.2) is 35.2 Å². The van der Waals surface area contributed by atoms with Crippen LogP contribution in [0.2, 0.25) is 5.02 Å². The number of halogens is 1. The Morgan fingerprint density at radius 2 is 1.79 bits per heavy atom. The van der Waals surface area contributed by atoms with Crippen LogP contribution in [0, 0.1) is 13.8 Å². The summed E-state index contributed by atoms with van der Waals surface area (Å²) < 4.78 is 38.3. The number of aryl methyl sites for hydroxylation is 2. The molecule has 0 atom stereocenters. The van der Waals surface area contributed by atoms with E-state index in [2.05, 4.69) is 0 Å². The number of hydrogen-bond donors (Lipinski definition) is 0. The average Bonchev–Trinajstić information content (AvgIpc) is 2.99. The quantitative estimate of drug-likeness (QED) is 0.822. The number of hydrogen-bond acceptors (Lipinski definition) is 4. The molecule has 0 amide bonds. The van der Waals surface area contributed by atoms with Crippen molar-refractivity contribution in [3.05, 3.63) is 46.5 Å². The highest BCUT2D eigenvalue weighted by atomic mass is 35.5. The molecule has 3 rings (SSSR count). The summed E-state index contributed by atoms with van der Waals surface area (Å²) in [5.74, 6) is 1.16. The Kier molecular flexibility index (Phi) is 4.36. The maximum Gasteiger partial charge on any atom is 0.264 e. The molecule has 0 saturated heterocycles. The van der Waals surface area contributed by atoms with Crippen LogP contribution >= 0.6 is 11.6 Å². The lowest BCUT2D eigenvalue weighted by atomic mass is 10.2. The third kappa shape index (κ3) is 2.80. The predicted octanol–water partition coefficient (Wildman–Crippen LogP) is 3.90. The Morgan fingerprint density at radius 3 is 2.50 bits per heavy atom. The normalized spacial score (nSPS) is 13.2. The number of rotatable bonds is 4. The van der Waals surface area contributed by atoms with Gasteiger partial charge in [0.25, 0.3) is 10.0 Å². The fraction of sp³-hybridized carbons (Fsp3) is 0.294. The number of ether oxygens (including phenoxy) is 2. The molecule has 0 fully saturated rings. The predicted molar refractivity (Wildman–Crippen MR) is 93.7 cm³/mol. The Labute approximate surface area is 146 Å². The molecule has 1 aliphatic rings. The van der Waals surface area contributed by atoms with E-state index in [4.69, 9.17) is 21.1 Å². The van der Waals surface area contributed by atoms with Crippen LogP contribution < -0.4 is 13.8 Å². The molecule has 0 aliphatic carbocycles. The molecule has 0 aromatic heterocycles. The lowest BCUT2D eigenvalue weighted by Crippen LogP contribution is -2.31. The van der Waals surface area contributed by atoms with Crippen molar-refractivity contribution in [3.8, 4) is 11.5 Å². The van der Waals surface area contributed by atoms with Crippen LogP contribution in [0.4, 0.5) is 5.69 Å². The number of fused-ring (bicyclic) bond motifs is 1. The van der Waals surface area contributed by atoms with Crippen molar-refractivity contribution in [2.75, 3.05) is 17.6 Å². The van der Waals surface area contributed by atoms with Gasteiger partial charge in [-0.2, -0.15) is 0 Å². The van der Waals surface area contributed by atoms with Gasteiger partial charge < -0.3 is 9.47 Å². The molecule has 24 heavy (non-hydrogen) atoms. The molecule has 0 radical (unpaired) electrons. The van der Waals surface area contributed by atoms with Gasteiger partial charge in [0.05, 0.1) is 10.6 Å². The Balaban J connectivity index is 2.08. The van der Waals surface area contributed by atoms with Crippen LogP contribution in [0.3, 0.4) is 0 Å². The summed E-state index contributed by atoms with van der Waals surface area (Å²) in [6.45, 7) is 5.76. The van der Waals surface area contributed by atoms with Crippen molar-refractivity contribution in [2.24, 2.45) is 0 Å². The standard InChI is InChI=1S/C17H18ClNO4S/c1-4-19(13-5-6-15-16(9-13)23-10-22-15)24(20,21)17-8-11(2)14(18)7-12(17)3/h5-9H,4,10H2,1-3H3. The number of benzene rings is 2. The van der Waals surface area contributed by atoms with Gasteiger partial charge in [0.2, 0.25) is 6.79 Å². The molecule has 128 valence electrons. The molecule has 1 aliphatic heterocycles. The summed E-state index contributed by atoms with van der Waals surface area (Å²) in [5, 5.41) is 0.553. The fourth-order valence-electron chi connectivity index (χ4n) is 2.68. The molecule has 1 heterocycles. The molecule has 0 N–H and O–H groups in total. The zero-order valence-corrected chi connectivity index (χ0v) is 15.2. The minimum Gasteiger partial charge on any atom is -0.454 e. The van der Waals surface area contributed by atoms with E-state index < -0.39 is 10.0 Å². The van der Waals surface area contributed by atoms with Crippen LogP contribution in [0.25, 0.3) is 0 Å². The highest BCUT2D eigenvalue weighted by Gasteiger charge is 2.27. The highest BCUT2D eigenvalue weighted by Crippen LogP contribution is 2.37. The molecule has 0 spiro atoms. The first-order valence-corrected chi connectivity index (χ1v) is 9.35. The summed E-state index contributed by atoms with van der Waals surface area (Å²) in [5.41, 5.74) is 1.88. The van der Waals surface area contributed by atoms with Gasteiger partial charge >= 0.3 is 0 Å². The Morgan fingerprint density at radius 1 is 1.08 bits per heavy atom. The van der Waals surface area contributed by atoms with Crippen molar-refractivity contribution >= 4 is 27.3 Å². The summed E-state index contributed by atoms with van der Waals surface area (Å²) in [4.78, 5) is 0.254. The van der Waals surface area contributed by atoms with E-state index in [-0.39, 0.29) is 11.7 Å². The third-order valence-electron chi connectivity index (χ3n) is 3.96. The van der Waals surface area contributed by atoms with E-state index in [0.717, 1.165) is 5.56 Å². The number of anilines is 1. The van der Waals surface area contributed by atoms with Gasteiger partial charge in [-0.3, -0.25) is 4.31 Å². The van der Waals surface area contributed by atoms with Crippen LogP contribution in [0.1, 0.15) is 18.1 Å². The van der Waals surface area contributed by atoms with E-state index in [1.54, 1.807) is 51.1 Å². The summed E-state index contributed by atoms with van der Waals surface area (Å²) >= 11 is 6.09. The first-order chi connectivity index (χ1) is 11.3. The van der Waals surface area contributed by atoms with Crippen molar-refractivity contribution in [1.29, 1.82) is 0 Å². The second-order valence-corrected chi connectivity index (χ2v) is 7.81. The number of nitrogens with zero attached hydrogens (tertiary/aromatic N) is 1. The van der Waals surface area contributed by atoms with E-state index in [0.29, 0.717) is 34.3 Å². The zero-order valence-electron chi connectivity index (χ0n) is 13.7. The van der Waals surface area contributed by atoms with E-state index in [1.807, 2.05) is 0 Å². The molecule has 0 saturated carbocycles. The first kappa shape index (κ1) is 16.9. The van der Waals surface area contributed by atoms with E-state index in [1.165, 1.54) is 4.31 Å². The minimum atomic E-state index is -3.71. The largest absolute Gasteiger partial charge is 0.454 e. The van der Waals surface area contributed by atoms with Gasteiger partial charge in [-0.25, -0.2) is 8.42 Å². The first-order valence-electron chi connectivity index (χ1n) is 7.53. The van der Waals surface area contributed by atoms with Gasteiger partial charge in [0.1, 0.15) is 0 Å². The van der Waals surface area contributed by atoms with E-state index in [9.17, 15) is 8.42 Å². The molecular weight excluding hydrogens is 350 g/mol. The average molecular weight is 368 g/mol. The molecule has 0 bridgehead atoms. The summed E-state index contributed by atoms with van der Waals surface area (Å²) in [7, 11) is -3.71. The molecule has 7 heteroatoms. The maximum atomic E-state index is 13.2. The Hall–Kier alpha value is -1.92. The molecule has 5 nitrogen and oxygen atoms in total. The van der Waals surface area contributed by atoms with Gasteiger partial charge in [-0.1, -0.05) is 11.6 Å². The van der Waals surface area contributed by atoms with Crippen molar-refractivity contribution in [1.82, 2.24) is 0 Å². The van der Waals surface area contributed by atoms with Crippen molar-refractivity contribution in [2.45, 2.75) is 25.7 Å². The highest BCUT2D eigenvalue weighted by molar-refractivity contribution is 7.92. The van der Waals surface area contributed by atoms with Crippen LogP contribution in [-0.2, 0) is 10.0 Å². The van der Waals surface area contributed by atoms with Gasteiger partial charge in [-0.05, 0) is 56.2 Å². The fourth-order valence-corrected chi connectivity index (χ4v) is 4.66. The van der Waals surface area contributed by atoms with Gasteiger partial charge in [0, 0.05) is 17.6 Å². The SMILES string of the molecule is CCN(c1ccc2c(c1)OCO2)S(=O)(=O)c1cc(C)c(Cl)cc1C. The second kappa shape index (κ2) is 6.18. The third-order valence-corrected chi connectivity index (χ3v) is 6.41. The lowest BCUT2D eigenvalue weighted by molar-refractivity contribution is 0.174. The van der Waals surface area contributed by atoms with Crippen LogP contribution in [-0.4, -0.2) is 21.8 Å². The number of sulfonamides is 1. The summed E-state index contributed by atoms with van der Waals surface area (Å²) in [6, 6.07) is 8.41. The summed E-state index contributed by atoms with van der Waals surface area (Å²) in [6.07, 6.45) is 0. The zero-order chi connectivity index (χ0) is 17.5. The molecular formula is C17H18ClNO4S. The lowest BCUT2D eigenvalue weighted by Gasteiger charge is -2.24. The monoisotopic (exact) mass is 367 g/mol. The van der Waals surface area contributed by atoms with Crippen molar-refractivity contribution < 1.29 is 17.9 Å². The van der Waals surface area contributed by atoms with Gasteiger partial charge in [0.15, 0.2) is 11.5 Å². The topological polar surface area (TPSA) is 55.8 Å². The van der Waals surface area contributed by atoms with E-state index >= 15 is 0 Å². The maximum absolute atomic E-state index is 13.2. The smallest absolute Gasteiger partial charge is 0.264 e. The van der Waals surface area contributed by atoms with Gasteiger partial charge in [-0.15, -0.1) is 0 Å². The van der Waals surface area contributed by atoms with Crippen LogP contribution in [0.5, 0.6) is 11.5 Å². The Bertz CT molecular complexity index is 896.